The summed E-state index contributed by atoms with van der Waals surface area (Å²) in [4.78, 5) is 13.4. The van der Waals surface area contributed by atoms with Crippen LogP contribution in [0.5, 0.6) is 0 Å². The summed E-state index contributed by atoms with van der Waals surface area (Å²) >= 11 is 0. The minimum Gasteiger partial charge on any atom is -0.467 e. The van der Waals surface area contributed by atoms with Gasteiger partial charge in [0.15, 0.2) is 6.10 Å². The molecule has 0 radical (unpaired) electrons. The molecule has 0 saturated carbocycles. The Labute approximate surface area is 78.8 Å². The van der Waals surface area contributed by atoms with Crippen molar-refractivity contribution in [1.29, 1.82) is 0 Å². The molecule has 1 atom stereocenters. The van der Waals surface area contributed by atoms with Crippen molar-refractivity contribution in [3.63, 3.8) is 0 Å². The minimum atomic E-state index is -0.384. The monoisotopic (exact) mass is 187 g/mol. The summed E-state index contributed by atoms with van der Waals surface area (Å²) in [6, 6.07) is 0. The molecule has 0 N–H and O–H groups in total. The fraction of sp³-hybridized carbons (Fsp3) is 0.889. The van der Waals surface area contributed by atoms with Crippen molar-refractivity contribution in [2.75, 3.05) is 33.4 Å². The number of morpholine rings is 1. The summed E-state index contributed by atoms with van der Waals surface area (Å²) in [6.07, 6.45) is 0.721. The average Bonchev–Trinajstić information content (AvgIpc) is 2.18. The van der Waals surface area contributed by atoms with Crippen LogP contribution >= 0.6 is 0 Å². The summed E-state index contributed by atoms with van der Waals surface area (Å²) in [5.41, 5.74) is 0. The van der Waals surface area contributed by atoms with Gasteiger partial charge in [-0.25, -0.2) is 4.79 Å². The van der Waals surface area contributed by atoms with Crippen molar-refractivity contribution in [3.8, 4) is 0 Å². The van der Waals surface area contributed by atoms with Gasteiger partial charge in [0.2, 0.25) is 0 Å². The van der Waals surface area contributed by atoms with E-state index in [4.69, 9.17) is 4.74 Å². The lowest BCUT2D eigenvalue weighted by molar-refractivity contribution is -0.159. The zero-order valence-corrected chi connectivity index (χ0v) is 8.28. The molecular formula is C9H17NO3. The lowest BCUT2D eigenvalue weighted by Gasteiger charge is -2.30. The third kappa shape index (κ3) is 2.97. The number of carbonyl (C=O) groups is 1. The standard InChI is InChI=1S/C9H17NO3/c1-3-4-10-5-6-13-8(7-10)9(11)12-2/h8H,3-7H2,1-2H3. The van der Waals surface area contributed by atoms with Gasteiger partial charge in [0.05, 0.1) is 13.7 Å². The molecule has 0 spiro atoms. The molecule has 0 aliphatic carbocycles. The molecule has 1 aliphatic rings. The lowest BCUT2D eigenvalue weighted by atomic mass is 10.2. The maximum absolute atomic E-state index is 11.1. The first-order chi connectivity index (χ1) is 6.27. The van der Waals surface area contributed by atoms with Crippen LogP contribution < -0.4 is 0 Å². The van der Waals surface area contributed by atoms with E-state index in [0.29, 0.717) is 13.2 Å². The quantitative estimate of drug-likeness (QED) is 0.594. The number of carbonyl (C=O) groups excluding carboxylic acids is 1. The van der Waals surface area contributed by atoms with Crippen LogP contribution in [0.2, 0.25) is 0 Å². The second-order valence-electron chi connectivity index (χ2n) is 3.18. The highest BCUT2D eigenvalue weighted by molar-refractivity contribution is 5.74. The van der Waals surface area contributed by atoms with Crippen LogP contribution in [0, 0.1) is 0 Å². The minimum absolute atomic E-state index is 0.263. The summed E-state index contributed by atoms with van der Waals surface area (Å²) in [5, 5.41) is 0. The smallest absolute Gasteiger partial charge is 0.336 e. The Morgan fingerprint density at radius 2 is 2.46 bits per heavy atom. The third-order valence-corrected chi connectivity index (χ3v) is 2.15. The average molecular weight is 187 g/mol. The van der Waals surface area contributed by atoms with Crippen molar-refractivity contribution in [2.24, 2.45) is 0 Å². The van der Waals surface area contributed by atoms with Gasteiger partial charge in [-0.15, -0.1) is 0 Å². The van der Waals surface area contributed by atoms with Crippen LogP contribution in [0.25, 0.3) is 0 Å². The molecule has 0 bridgehead atoms. The largest absolute Gasteiger partial charge is 0.467 e. The molecular weight excluding hydrogens is 170 g/mol. The molecule has 0 aromatic carbocycles. The maximum Gasteiger partial charge on any atom is 0.336 e. The molecule has 1 aliphatic heterocycles. The topological polar surface area (TPSA) is 38.8 Å². The molecule has 1 rings (SSSR count). The van der Waals surface area contributed by atoms with Crippen LogP contribution in [0.15, 0.2) is 0 Å². The van der Waals surface area contributed by atoms with Crippen LogP contribution in [0.3, 0.4) is 0 Å². The van der Waals surface area contributed by atoms with Gasteiger partial charge in [0, 0.05) is 13.1 Å². The van der Waals surface area contributed by atoms with E-state index in [1.807, 2.05) is 0 Å². The number of hydrogen-bond donors (Lipinski definition) is 0. The Kier molecular flexibility index (Phi) is 4.18. The second-order valence-corrected chi connectivity index (χ2v) is 3.18. The second kappa shape index (κ2) is 5.19. The molecule has 1 unspecified atom stereocenters. The molecule has 4 heteroatoms. The summed E-state index contributed by atoms with van der Waals surface area (Å²) < 4.78 is 9.92. The van der Waals surface area contributed by atoms with Gasteiger partial charge < -0.3 is 9.47 Å². The van der Waals surface area contributed by atoms with Gasteiger partial charge in [-0.05, 0) is 13.0 Å². The number of methoxy groups -OCH3 is 1. The van der Waals surface area contributed by atoms with Crippen molar-refractivity contribution in [3.05, 3.63) is 0 Å². The first-order valence-electron chi connectivity index (χ1n) is 4.69. The van der Waals surface area contributed by atoms with Crippen molar-refractivity contribution in [2.45, 2.75) is 19.4 Å². The summed E-state index contributed by atoms with van der Waals surface area (Å²) in [5.74, 6) is -0.263. The fourth-order valence-corrected chi connectivity index (χ4v) is 1.50. The predicted molar refractivity (Wildman–Crippen MR) is 48.5 cm³/mol. The number of ether oxygens (including phenoxy) is 2. The molecule has 1 fully saturated rings. The van der Waals surface area contributed by atoms with Crippen LogP contribution in [0.1, 0.15) is 13.3 Å². The van der Waals surface area contributed by atoms with E-state index in [1.165, 1.54) is 7.11 Å². The Hall–Kier alpha value is -0.610. The first-order valence-corrected chi connectivity index (χ1v) is 4.69. The zero-order valence-electron chi connectivity index (χ0n) is 8.28. The van der Waals surface area contributed by atoms with Crippen molar-refractivity contribution >= 4 is 5.97 Å². The summed E-state index contributed by atoms with van der Waals surface area (Å²) in [7, 11) is 1.39. The van der Waals surface area contributed by atoms with Gasteiger partial charge in [-0.1, -0.05) is 6.92 Å². The van der Waals surface area contributed by atoms with Gasteiger partial charge in [-0.3, -0.25) is 4.90 Å². The Bertz CT molecular complexity index is 170. The number of nitrogens with zero attached hydrogens (tertiary/aromatic N) is 1. The highest BCUT2D eigenvalue weighted by Gasteiger charge is 2.26. The van der Waals surface area contributed by atoms with E-state index >= 15 is 0 Å². The van der Waals surface area contributed by atoms with E-state index in [9.17, 15) is 4.79 Å². The molecule has 1 saturated heterocycles. The van der Waals surface area contributed by atoms with Crippen molar-refractivity contribution < 1.29 is 14.3 Å². The number of esters is 1. The molecule has 13 heavy (non-hydrogen) atoms. The van der Waals surface area contributed by atoms with Gasteiger partial charge in [0.25, 0.3) is 0 Å². The Morgan fingerprint density at radius 3 is 3.08 bits per heavy atom. The van der Waals surface area contributed by atoms with Gasteiger partial charge in [0.1, 0.15) is 0 Å². The molecule has 0 aromatic heterocycles. The van der Waals surface area contributed by atoms with Gasteiger partial charge >= 0.3 is 5.97 Å². The fourth-order valence-electron chi connectivity index (χ4n) is 1.50. The van der Waals surface area contributed by atoms with Gasteiger partial charge in [-0.2, -0.15) is 0 Å². The Balaban J connectivity index is 2.37. The number of hydrogen-bond acceptors (Lipinski definition) is 4. The van der Waals surface area contributed by atoms with E-state index < -0.39 is 0 Å². The van der Waals surface area contributed by atoms with E-state index in [0.717, 1.165) is 19.5 Å². The predicted octanol–water partition coefficient (Wildman–Crippen LogP) is 0.270. The summed E-state index contributed by atoms with van der Waals surface area (Å²) in [6.45, 7) is 5.36. The Morgan fingerprint density at radius 1 is 1.69 bits per heavy atom. The molecule has 4 nitrogen and oxygen atoms in total. The van der Waals surface area contributed by atoms with E-state index in [-0.39, 0.29) is 12.1 Å². The molecule has 0 aromatic rings. The van der Waals surface area contributed by atoms with Crippen molar-refractivity contribution in [1.82, 2.24) is 4.90 Å². The van der Waals surface area contributed by atoms with Crippen LogP contribution in [-0.2, 0) is 14.3 Å². The van der Waals surface area contributed by atoms with E-state index in [1.54, 1.807) is 0 Å². The molecule has 76 valence electrons. The molecule has 0 amide bonds. The van der Waals surface area contributed by atoms with E-state index in [2.05, 4.69) is 16.6 Å². The first kappa shape index (κ1) is 10.5. The highest BCUT2D eigenvalue weighted by atomic mass is 16.6. The SMILES string of the molecule is CCCN1CCOC(C(=O)OC)C1. The highest BCUT2D eigenvalue weighted by Crippen LogP contribution is 2.06. The normalized spacial score (nSPS) is 24.3. The number of rotatable bonds is 3. The van der Waals surface area contributed by atoms with Crippen LogP contribution in [-0.4, -0.2) is 50.3 Å². The molecule has 1 heterocycles. The zero-order chi connectivity index (χ0) is 9.68. The third-order valence-electron chi connectivity index (χ3n) is 2.15. The maximum atomic E-state index is 11.1. The lowest BCUT2D eigenvalue weighted by Crippen LogP contribution is -2.46. The van der Waals surface area contributed by atoms with Crippen LogP contribution in [0.4, 0.5) is 0 Å².